The minimum atomic E-state index is -0.0327. The summed E-state index contributed by atoms with van der Waals surface area (Å²) < 4.78 is 0. The van der Waals surface area contributed by atoms with Gasteiger partial charge in [-0.05, 0) is 70.6 Å². The maximum atomic E-state index is 3.95. The molecule has 0 saturated heterocycles. The van der Waals surface area contributed by atoms with Crippen molar-refractivity contribution in [1.29, 1.82) is 0 Å². The van der Waals surface area contributed by atoms with Crippen molar-refractivity contribution >= 4 is 16.9 Å². The number of anilines is 2. The molecule has 1 N–H and O–H groups in total. The molecule has 4 rings (SSSR count). The van der Waals surface area contributed by atoms with Gasteiger partial charge in [0.05, 0.1) is 0 Å². The van der Waals surface area contributed by atoms with Gasteiger partial charge in [-0.15, -0.1) is 0 Å². The smallest absolute Gasteiger partial charge is 0.0387 e. The van der Waals surface area contributed by atoms with Crippen LogP contribution < -0.4 is 5.32 Å². The molecule has 0 aliphatic heterocycles. The van der Waals surface area contributed by atoms with Crippen LogP contribution in [-0.2, 0) is 5.41 Å². The summed E-state index contributed by atoms with van der Waals surface area (Å²) in [5, 5.41) is 3.52. The van der Waals surface area contributed by atoms with Crippen molar-refractivity contribution in [3.05, 3.63) is 102 Å². The summed E-state index contributed by atoms with van der Waals surface area (Å²) in [6.07, 6.45) is 4.05. The number of allylic oxidation sites excluding steroid dienone is 3. The Morgan fingerprint density at radius 1 is 0.852 bits per heavy atom. The van der Waals surface area contributed by atoms with Crippen molar-refractivity contribution in [2.24, 2.45) is 0 Å². The Hall–Kier alpha value is -3.06. The summed E-state index contributed by atoms with van der Waals surface area (Å²) in [7, 11) is 0. The van der Waals surface area contributed by atoms with Gasteiger partial charge in [0.25, 0.3) is 0 Å². The average Bonchev–Trinajstić information content (AvgIpc) is 2.91. The minimum absolute atomic E-state index is 0.0327. The van der Waals surface area contributed by atoms with Crippen LogP contribution >= 0.6 is 0 Å². The summed E-state index contributed by atoms with van der Waals surface area (Å²) in [5.41, 5.74) is 10.0. The topological polar surface area (TPSA) is 12.0 Å². The Bertz CT molecular complexity index is 1040. The summed E-state index contributed by atoms with van der Waals surface area (Å²) in [6, 6.07) is 23.8. The van der Waals surface area contributed by atoms with Crippen molar-refractivity contribution in [2.45, 2.75) is 26.2 Å². The number of nitrogens with one attached hydrogen (secondary N) is 1. The third kappa shape index (κ3) is 2.90. The first-order valence-electron chi connectivity index (χ1n) is 9.45. The molecular formula is C26H25N. The van der Waals surface area contributed by atoms with E-state index >= 15 is 0 Å². The zero-order valence-electron chi connectivity index (χ0n) is 16.2. The molecule has 27 heavy (non-hydrogen) atoms. The molecule has 3 aromatic carbocycles. The van der Waals surface area contributed by atoms with Gasteiger partial charge < -0.3 is 5.32 Å². The van der Waals surface area contributed by atoms with E-state index in [9.17, 15) is 0 Å². The molecule has 0 atom stereocenters. The molecule has 0 saturated carbocycles. The molecule has 0 unspecified atom stereocenters. The Morgan fingerprint density at radius 3 is 2.19 bits per heavy atom. The van der Waals surface area contributed by atoms with E-state index in [1.165, 1.54) is 33.4 Å². The van der Waals surface area contributed by atoms with Crippen LogP contribution in [0.5, 0.6) is 0 Å². The highest BCUT2D eigenvalue weighted by molar-refractivity contribution is 5.85. The third-order valence-electron chi connectivity index (χ3n) is 5.60. The van der Waals surface area contributed by atoms with Gasteiger partial charge in [0.1, 0.15) is 0 Å². The number of para-hydroxylation sites is 1. The second-order valence-electron chi connectivity index (χ2n) is 7.58. The van der Waals surface area contributed by atoms with Gasteiger partial charge in [0.2, 0.25) is 0 Å². The van der Waals surface area contributed by atoms with Crippen molar-refractivity contribution < 1.29 is 0 Å². The molecule has 0 heterocycles. The summed E-state index contributed by atoms with van der Waals surface area (Å²) in [5.74, 6) is 0. The van der Waals surface area contributed by atoms with Gasteiger partial charge in [-0.1, -0.05) is 69.0 Å². The minimum Gasteiger partial charge on any atom is -0.356 e. The lowest BCUT2D eigenvalue weighted by Crippen LogP contribution is -2.15. The van der Waals surface area contributed by atoms with Gasteiger partial charge in [-0.2, -0.15) is 0 Å². The molecule has 3 aromatic rings. The monoisotopic (exact) mass is 351 g/mol. The van der Waals surface area contributed by atoms with Crippen LogP contribution in [-0.4, -0.2) is 0 Å². The molecule has 0 bridgehead atoms. The van der Waals surface area contributed by atoms with E-state index in [-0.39, 0.29) is 5.41 Å². The Kier molecular flexibility index (Phi) is 4.24. The molecule has 134 valence electrons. The van der Waals surface area contributed by atoms with E-state index in [0.717, 1.165) is 11.4 Å². The summed E-state index contributed by atoms with van der Waals surface area (Å²) >= 11 is 0. The fourth-order valence-corrected chi connectivity index (χ4v) is 4.09. The summed E-state index contributed by atoms with van der Waals surface area (Å²) in [4.78, 5) is 0. The first kappa shape index (κ1) is 17.4. The quantitative estimate of drug-likeness (QED) is 0.485. The first-order chi connectivity index (χ1) is 13.0. The molecule has 0 radical (unpaired) electrons. The second kappa shape index (κ2) is 6.59. The first-order valence-corrected chi connectivity index (χ1v) is 9.45. The standard InChI is InChI=1S/C26H25N/c1-5-18(6-2)19-12-14-22-23-15-13-21(27-20-10-8-7-9-11-20)17-25(23)26(3,4)24(22)16-19/h5-17,27H,1H2,2-4H3/b18-6+. The Balaban J connectivity index is 1.77. The predicted octanol–water partition coefficient (Wildman–Crippen LogP) is 7.33. The van der Waals surface area contributed by atoms with Crippen LogP contribution in [0.15, 0.2) is 85.5 Å². The van der Waals surface area contributed by atoms with Gasteiger partial charge in [-0.25, -0.2) is 0 Å². The molecule has 1 nitrogen and oxygen atoms in total. The second-order valence-corrected chi connectivity index (χ2v) is 7.58. The highest BCUT2D eigenvalue weighted by Crippen LogP contribution is 2.50. The predicted molar refractivity (Wildman–Crippen MR) is 118 cm³/mol. The van der Waals surface area contributed by atoms with Crippen molar-refractivity contribution in [1.82, 2.24) is 0 Å². The Labute approximate surface area is 162 Å². The normalized spacial score (nSPS) is 14.4. The molecular weight excluding hydrogens is 326 g/mol. The van der Waals surface area contributed by atoms with E-state index in [1.54, 1.807) is 0 Å². The molecule has 1 aliphatic rings. The third-order valence-corrected chi connectivity index (χ3v) is 5.60. The van der Waals surface area contributed by atoms with E-state index in [0.29, 0.717) is 0 Å². The number of hydrogen-bond donors (Lipinski definition) is 1. The zero-order valence-corrected chi connectivity index (χ0v) is 16.2. The number of fused-ring (bicyclic) bond motifs is 3. The van der Waals surface area contributed by atoms with Crippen LogP contribution in [0.1, 0.15) is 37.5 Å². The molecule has 1 heteroatoms. The van der Waals surface area contributed by atoms with Gasteiger partial charge >= 0.3 is 0 Å². The lowest BCUT2D eigenvalue weighted by molar-refractivity contribution is 0.660. The largest absolute Gasteiger partial charge is 0.356 e. The Morgan fingerprint density at radius 2 is 1.52 bits per heavy atom. The van der Waals surface area contributed by atoms with E-state index in [1.807, 2.05) is 12.1 Å². The maximum Gasteiger partial charge on any atom is 0.0387 e. The summed E-state index contributed by atoms with van der Waals surface area (Å²) in [6.45, 7) is 10.6. The van der Waals surface area contributed by atoms with E-state index in [4.69, 9.17) is 0 Å². The highest BCUT2D eigenvalue weighted by Gasteiger charge is 2.35. The molecule has 0 aromatic heterocycles. The van der Waals surface area contributed by atoms with E-state index < -0.39 is 0 Å². The molecule has 0 fully saturated rings. The zero-order chi connectivity index (χ0) is 19.0. The van der Waals surface area contributed by atoms with Crippen LogP contribution in [0, 0.1) is 0 Å². The van der Waals surface area contributed by atoms with Crippen molar-refractivity contribution in [3.63, 3.8) is 0 Å². The number of rotatable bonds is 4. The number of benzene rings is 3. The van der Waals surface area contributed by atoms with Crippen molar-refractivity contribution in [2.75, 3.05) is 5.32 Å². The van der Waals surface area contributed by atoms with Gasteiger partial charge in [-0.3, -0.25) is 0 Å². The molecule has 0 spiro atoms. The fraction of sp³-hybridized carbons (Fsp3) is 0.154. The van der Waals surface area contributed by atoms with Crippen molar-refractivity contribution in [3.8, 4) is 11.1 Å². The fourth-order valence-electron chi connectivity index (χ4n) is 4.09. The van der Waals surface area contributed by atoms with E-state index in [2.05, 4.69) is 99.4 Å². The maximum absolute atomic E-state index is 3.95. The van der Waals surface area contributed by atoms with Crippen LogP contribution in [0.3, 0.4) is 0 Å². The van der Waals surface area contributed by atoms with Crippen LogP contribution in [0.25, 0.3) is 16.7 Å². The molecule has 0 amide bonds. The van der Waals surface area contributed by atoms with Gasteiger partial charge in [0.15, 0.2) is 0 Å². The SMILES string of the molecule is C=C/C(=C\C)c1ccc2c(c1)C(C)(C)c1cc(Nc3ccccc3)ccc1-2. The van der Waals surface area contributed by atoms with Crippen LogP contribution in [0.2, 0.25) is 0 Å². The highest BCUT2D eigenvalue weighted by atomic mass is 14.9. The van der Waals surface area contributed by atoms with Crippen LogP contribution in [0.4, 0.5) is 11.4 Å². The lowest BCUT2D eigenvalue weighted by Gasteiger charge is -2.23. The lowest BCUT2D eigenvalue weighted by atomic mass is 9.81. The van der Waals surface area contributed by atoms with Gasteiger partial charge in [0, 0.05) is 16.8 Å². The average molecular weight is 351 g/mol. The number of hydrogen-bond acceptors (Lipinski definition) is 1. The molecule has 1 aliphatic carbocycles.